The lowest BCUT2D eigenvalue weighted by Gasteiger charge is -2.13. The molecule has 0 saturated heterocycles. The summed E-state index contributed by atoms with van der Waals surface area (Å²) < 4.78 is 1.05. The third-order valence-corrected chi connectivity index (χ3v) is 5.02. The molecule has 4 heteroatoms. The minimum absolute atomic E-state index is 0.0120. The zero-order chi connectivity index (χ0) is 19.2. The number of ketones is 2. The number of hydrogen-bond acceptors (Lipinski definition) is 3. The lowest BCUT2D eigenvalue weighted by molar-refractivity contribution is 0.101. The molecule has 3 aromatic rings. The van der Waals surface area contributed by atoms with Gasteiger partial charge in [-0.15, -0.1) is 0 Å². The molecule has 0 atom stereocenters. The number of halogens is 1. The first-order valence-electron chi connectivity index (χ1n) is 8.48. The summed E-state index contributed by atoms with van der Waals surface area (Å²) >= 11 is 2.25. The Morgan fingerprint density at radius 3 is 2.00 bits per heavy atom. The zero-order valence-corrected chi connectivity index (χ0v) is 16.9. The Hall–Kier alpha value is -2.73. The standard InChI is InChI=1S/C23H18INO2/c1-16(26)17-11-13-18(14-12-17)22(25-21-10-6-5-9-20(21)24)15-23(27)19-7-3-2-4-8-19/h2-15,25H,1H3/b22-15+. The molecule has 3 aromatic carbocycles. The van der Waals surface area contributed by atoms with Crippen LogP contribution in [-0.4, -0.2) is 11.6 Å². The molecule has 3 nitrogen and oxygen atoms in total. The number of para-hydroxylation sites is 1. The molecule has 0 unspecified atom stereocenters. The second-order valence-corrected chi connectivity index (χ2v) is 7.19. The van der Waals surface area contributed by atoms with Gasteiger partial charge >= 0.3 is 0 Å². The van der Waals surface area contributed by atoms with E-state index in [2.05, 4.69) is 27.9 Å². The number of carbonyl (C=O) groups is 2. The van der Waals surface area contributed by atoms with Crippen molar-refractivity contribution < 1.29 is 9.59 Å². The van der Waals surface area contributed by atoms with Gasteiger partial charge in [-0.3, -0.25) is 9.59 Å². The molecule has 0 aliphatic heterocycles. The summed E-state index contributed by atoms with van der Waals surface area (Å²) in [6.07, 6.45) is 1.60. The fourth-order valence-corrected chi connectivity index (χ4v) is 3.12. The SMILES string of the molecule is CC(=O)c1ccc(/C(=C\C(=O)c2ccccc2)Nc2ccccc2I)cc1. The normalized spacial score (nSPS) is 11.1. The van der Waals surface area contributed by atoms with E-state index in [4.69, 9.17) is 0 Å². The molecule has 0 aromatic heterocycles. The van der Waals surface area contributed by atoms with Gasteiger partial charge in [0.25, 0.3) is 0 Å². The highest BCUT2D eigenvalue weighted by Gasteiger charge is 2.10. The maximum absolute atomic E-state index is 12.7. The topological polar surface area (TPSA) is 46.2 Å². The Kier molecular flexibility index (Phi) is 6.19. The van der Waals surface area contributed by atoms with Gasteiger partial charge in [0.15, 0.2) is 11.6 Å². The number of Topliss-reactive ketones (excluding diaryl/α,β-unsaturated/α-hetero) is 1. The van der Waals surface area contributed by atoms with Crippen LogP contribution in [0.25, 0.3) is 5.70 Å². The zero-order valence-electron chi connectivity index (χ0n) is 14.8. The molecular weight excluding hydrogens is 449 g/mol. The van der Waals surface area contributed by atoms with Crippen LogP contribution in [0.5, 0.6) is 0 Å². The fraction of sp³-hybridized carbons (Fsp3) is 0.0435. The van der Waals surface area contributed by atoms with Crippen molar-refractivity contribution in [2.75, 3.05) is 5.32 Å². The molecule has 0 radical (unpaired) electrons. The molecule has 0 heterocycles. The summed E-state index contributed by atoms with van der Waals surface area (Å²) in [4.78, 5) is 24.2. The Morgan fingerprint density at radius 2 is 1.37 bits per heavy atom. The van der Waals surface area contributed by atoms with E-state index in [1.54, 1.807) is 30.3 Å². The van der Waals surface area contributed by atoms with Gasteiger partial charge in [-0.05, 0) is 47.2 Å². The first-order chi connectivity index (χ1) is 13.0. The van der Waals surface area contributed by atoms with Crippen LogP contribution in [0.2, 0.25) is 0 Å². The molecule has 0 aliphatic rings. The number of carbonyl (C=O) groups excluding carboxylic acids is 2. The maximum atomic E-state index is 12.7. The van der Waals surface area contributed by atoms with Gasteiger partial charge < -0.3 is 5.32 Å². The summed E-state index contributed by atoms with van der Waals surface area (Å²) in [6, 6.07) is 24.3. The van der Waals surface area contributed by atoms with E-state index in [0.29, 0.717) is 16.8 Å². The molecule has 134 valence electrons. The predicted molar refractivity (Wildman–Crippen MR) is 118 cm³/mol. The van der Waals surface area contributed by atoms with E-state index in [0.717, 1.165) is 14.8 Å². The average Bonchev–Trinajstić information content (AvgIpc) is 2.69. The van der Waals surface area contributed by atoms with Crippen molar-refractivity contribution in [1.29, 1.82) is 0 Å². The number of allylic oxidation sites excluding steroid dienone is 1. The van der Waals surface area contributed by atoms with E-state index in [1.807, 2.05) is 54.6 Å². The third-order valence-electron chi connectivity index (χ3n) is 4.08. The van der Waals surface area contributed by atoms with Crippen molar-refractivity contribution in [3.63, 3.8) is 0 Å². The fourth-order valence-electron chi connectivity index (χ4n) is 2.60. The van der Waals surface area contributed by atoms with Crippen molar-refractivity contribution in [1.82, 2.24) is 0 Å². The summed E-state index contributed by atoms with van der Waals surface area (Å²) in [5.41, 5.74) is 3.70. The molecule has 0 aliphatic carbocycles. The highest BCUT2D eigenvalue weighted by atomic mass is 127. The molecular formula is C23H18INO2. The Balaban J connectivity index is 2.00. The van der Waals surface area contributed by atoms with Crippen molar-refractivity contribution in [3.8, 4) is 0 Å². The first-order valence-corrected chi connectivity index (χ1v) is 9.56. The molecule has 27 heavy (non-hydrogen) atoms. The molecule has 0 bridgehead atoms. The van der Waals surface area contributed by atoms with Gasteiger partial charge in [-0.25, -0.2) is 0 Å². The molecule has 0 fully saturated rings. The molecule has 0 saturated carbocycles. The van der Waals surface area contributed by atoms with E-state index in [1.165, 1.54) is 6.92 Å². The van der Waals surface area contributed by atoms with Crippen LogP contribution < -0.4 is 5.32 Å². The van der Waals surface area contributed by atoms with Gasteiger partial charge in [0, 0.05) is 26.5 Å². The summed E-state index contributed by atoms with van der Waals surface area (Å²) in [6.45, 7) is 1.54. The minimum Gasteiger partial charge on any atom is -0.354 e. The summed E-state index contributed by atoms with van der Waals surface area (Å²) in [5, 5.41) is 3.36. The maximum Gasteiger partial charge on any atom is 0.187 e. The van der Waals surface area contributed by atoms with Crippen molar-refractivity contribution in [3.05, 3.63) is 105 Å². The molecule has 3 rings (SSSR count). The van der Waals surface area contributed by atoms with Crippen LogP contribution in [0.3, 0.4) is 0 Å². The number of nitrogens with one attached hydrogen (secondary N) is 1. The van der Waals surface area contributed by atoms with Gasteiger partial charge in [-0.1, -0.05) is 66.7 Å². The number of rotatable bonds is 6. The summed E-state index contributed by atoms with van der Waals surface area (Å²) in [7, 11) is 0. The van der Waals surface area contributed by atoms with Crippen LogP contribution >= 0.6 is 22.6 Å². The predicted octanol–water partition coefficient (Wildman–Crippen LogP) is 5.83. The second kappa shape index (κ2) is 8.77. The van der Waals surface area contributed by atoms with Gasteiger partial charge in [0.1, 0.15) is 0 Å². The van der Waals surface area contributed by atoms with Crippen LogP contribution in [0, 0.1) is 3.57 Å². The largest absolute Gasteiger partial charge is 0.354 e. The van der Waals surface area contributed by atoms with Crippen molar-refractivity contribution in [2.24, 2.45) is 0 Å². The van der Waals surface area contributed by atoms with Gasteiger partial charge in [0.2, 0.25) is 0 Å². The third kappa shape index (κ3) is 4.92. The van der Waals surface area contributed by atoms with E-state index < -0.39 is 0 Å². The van der Waals surface area contributed by atoms with Crippen molar-refractivity contribution in [2.45, 2.75) is 6.92 Å². The molecule has 0 amide bonds. The molecule has 0 spiro atoms. The smallest absolute Gasteiger partial charge is 0.187 e. The van der Waals surface area contributed by atoms with Gasteiger partial charge in [0.05, 0.1) is 5.69 Å². The average molecular weight is 467 g/mol. The first kappa shape index (κ1) is 19.0. The minimum atomic E-state index is -0.0836. The second-order valence-electron chi connectivity index (χ2n) is 6.03. The van der Waals surface area contributed by atoms with Crippen LogP contribution in [0.15, 0.2) is 84.9 Å². The number of benzene rings is 3. The highest BCUT2D eigenvalue weighted by molar-refractivity contribution is 14.1. The molecule has 1 N–H and O–H groups in total. The Bertz CT molecular complexity index is 992. The number of hydrogen-bond donors (Lipinski definition) is 1. The van der Waals surface area contributed by atoms with E-state index in [-0.39, 0.29) is 11.6 Å². The van der Waals surface area contributed by atoms with E-state index >= 15 is 0 Å². The Labute approximate surface area is 172 Å². The number of anilines is 1. The Morgan fingerprint density at radius 1 is 0.778 bits per heavy atom. The summed E-state index contributed by atoms with van der Waals surface area (Å²) in [5.74, 6) is -0.0716. The quantitative estimate of drug-likeness (QED) is 0.282. The monoisotopic (exact) mass is 467 g/mol. The van der Waals surface area contributed by atoms with Crippen LogP contribution in [0.1, 0.15) is 33.2 Å². The van der Waals surface area contributed by atoms with Gasteiger partial charge in [-0.2, -0.15) is 0 Å². The lowest BCUT2D eigenvalue weighted by atomic mass is 10.0. The highest BCUT2D eigenvalue weighted by Crippen LogP contribution is 2.24. The lowest BCUT2D eigenvalue weighted by Crippen LogP contribution is -2.05. The van der Waals surface area contributed by atoms with Crippen molar-refractivity contribution >= 4 is 45.5 Å². The van der Waals surface area contributed by atoms with E-state index in [9.17, 15) is 9.59 Å². The van der Waals surface area contributed by atoms with Crippen LogP contribution in [-0.2, 0) is 0 Å². The van der Waals surface area contributed by atoms with Crippen LogP contribution in [0.4, 0.5) is 5.69 Å².